The molecule has 2 amide bonds. The zero-order chi connectivity index (χ0) is 15.1. The highest BCUT2D eigenvalue weighted by molar-refractivity contribution is 6.22. The molecule has 5 nitrogen and oxygen atoms in total. The Bertz CT molecular complexity index is 613. The molecule has 0 unspecified atom stereocenters. The highest BCUT2D eigenvalue weighted by Gasteiger charge is 2.49. The van der Waals surface area contributed by atoms with Gasteiger partial charge in [0.15, 0.2) is 0 Å². The Morgan fingerprint density at radius 3 is 2.24 bits per heavy atom. The number of imide groups is 1. The van der Waals surface area contributed by atoms with Gasteiger partial charge in [-0.05, 0) is 37.5 Å². The summed E-state index contributed by atoms with van der Waals surface area (Å²) in [4.78, 5) is 37.4. The summed E-state index contributed by atoms with van der Waals surface area (Å²) in [6.45, 7) is 1.78. The average molecular weight is 287 g/mol. The number of rotatable bonds is 2. The van der Waals surface area contributed by atoms with Gasteiger partial charge in [-0.3, -0.25) is 9.59 Å². The van der Waals surface area contributed by atoms with Gasteiger partial charge in [-0.25, -0.2) is 9.69 Å². The molecular formula is C16H17NO4. The first-order valence-electron chi connectivity index (χ1n) is 7.22. The molecule has 1 saturated heterocycles. The number of fused-ring (bicyclic) bond motifs is 1. The van der Waals surface area contributed by atoms with Crippen molar-refractivity contribution in [2.75, 3.05) is 4.90 Å². The molecule has 1 aromatic rings. The largest absolute Gasteiger partial charge is 0.478 e. The molecule has 5 heteroatoms. The Labute approximate surface area is 122 Å². The number of carbonyl (C=O) groups excluding carboxylic acids is 2. The van der Waals surface area contributed by atoms with E-state index in [1.807, 2.05) is 0 Å². The number of aromatic carboxylic acids is 1. The predicted molar refractivity (Wildman–Crippen MR) is 76.1 cm³/mol. The van der Waals surface area contributed by atoms with Crippen LogP contribution in [0.2, 0.25) is 0 Å². The minimum Gasteiger partial charge on any atom is -0.478 e. The van der Waals surface area contributed by atoms with Crippen molar-refractivity contribution in [2.45, 2.75) is 32.6 Å². The number of hydrogen-bond donors (Lipinski definition) is 1. The second kappa shape index (κ2) is 4.98. The number of hydrogen-bond acceptors (Lipinski definition) is 3. The predicted octanol–water partition coefficient (Wildman–Crippen LogP) is 2.37. The van der Waals surface area contributed by atoms with Crippen molar-refractivity contribution in [2.24, 2.45) is 11.8 Å². The minimum atomic E-state index is -1.06. The van der Waals surface area contributed by atoms with Crippen LogP contribution in [0.5, 0.6) is 0 Å². The Morgan fingerprint density at radius 1 is 1.14 bits per heavy atom. The number of aryl methyl sites for hydroxylation is 1. The molecule has 0 spiro atoms. The van der Waals surface area contributed by atoms with E-state index in [9.17, 15) is 14.4 Å². The fourth-order valence-corrected chi connectivity index (χ4v) is 3.38. The van der Waals surface area contributed by atoms with Crippen LogP contribution in [-0.4, -0.2) is 22.9 Å². The summed E-state index contributed by atoms with van der Waals surface area (Å²) in [7, 11) is 0. The molecule has 0 radical (unpaired) electrons. The lowest BCUT2D eigenvalue weighted by Gasteiger charge is -2.19. The molecule has 1 aromatic carbocycles. The summed E-state index contributed by atoms with van der Waals surface area (Å²) >= 11 is 0. The van der Waals surface area contributed by atoms with Crippen LogP contribution < -0.4 is 4.90 Å². The average Bonchev–Trinajstić information content (AvgIpc) is 2.72. The van der Waals surface area contributed by atoms with Crippen molar-refractivity contribution in [3.63, 3.8) is 0 Å². The van der Waals surface area contributed by atoms with E-state index in [4.69, 9.17) is 5.11 Å². The lowest BCUT2D eigenvalue weighted by Crippen LogP contribution is -2.31. The van der Waals surface area contributed by atoms with Crippen LogP contribution in [0.4, 0.5) is 5.69 Å². The third-order valence-corrected chi connectivity index (χ3v) is 4.54. The summed E-state index contributed by atoms with van der Waals surface area (Å²) in [5.41, 5.74) is 1.24. The molecule has 0 aromatic heterocycles. The maximum atomic E-state index is 12.5. The van der Waals surface area contributed by atoms with Crippen LogP contribution in [-0.2, 0) is 9.59 Å². The van der Waals surface area contributed by atoms with Crippen molar-refractivity contribution in [1.82, 2.24) is 0 Å². The lowest BCUT2D eigenvalue weighted by atomic mass is 9.81. The van der Waals surface area contributed by atoms with Gasteiger partial charge in [-0.15, -0.1) is 0 Å². The van der Waals surface area contributed by atoms with Gasteiger partial charge in [0, 0.05) is 0 Å². The number of benzene rings is 1. The molecule has 1 saturated carbocycles. The maximum absolute atomic E-state index is 12.5. The Morgan fingerprint density at radius 2 is 1.71 bits per heavy atom. The van der Waals surface area contributed by atoms with Crippen LogP contribution in [0.25, 0.3) is 0 Å². The number of amides is 2. The van der Waals surface area contributed by atoms with E-state index >= 15 is 0 Å². The standard InChI is InChI=1S/C16H17NO4/c1-9-6-7-10(16(20)21)8-13(9)17-14(18)11-4-2-3-5-12(11)15(17)19/h6-8,11-12H,2-5H2,1H3,(H,20,21)/t11-,12+. The summed E-state index contributed by atoms with van der Waals surface area (Å²) in [6, 6.07) is 4.55. The van der Waals surface area contributed by atoms with Crippen LogP contribution in [0, 0.1) is 18.8 Å². The van der Waals surface area contributed by atoms with E-state index in [2.05, 4.69) is 0 Å². The number of nitrogens with zero attached hydrogens (tertiary/aromatic N) is 1. The van der Waals surface area contributed by atoms with Gasteiger partial charge in [0.25, 0.3) is 0 Å². The molecule has 1 N–H and O–H groups in total. The van der Waals surface area contributed by atoms with Crippen molar-refractivity contribution in [3.05, 3.63) is 29.3 Å². The third-order valence-electron chi connectivity index (χ3n) is 4.54. The van der Waals surface area contributed by atoms with Crippen molar-refractivity contribution < 1.29 is 19.5 Å². The molecular weight excluding hydrogens is 270 g/mol. The van der Waals surface area contributed by atoms with Crippen molar-refractivity contribution in [1.29, 1.82) is 0 Å². The van der Waals surface area contributed by atoms with E-state index in [0.717, 1.165) is 31.2 Å². The second-order valence-corrected chi connectivity index (χ2v) is 5.82. The first-order chi connectivity index (χ1) is 10.0. The molecule has 0 bridgehead atoms. The second-order valence-electron chi connectivity index (χ2n) is 5.82. The van der Waals surface area contributed by atoms with E-state index in [1.54, 1.807) is 13.0 Å². The molecule has 2 aliphatic rings. The Kier molecular flexibility index (Phi) is 3.27. The van der Waals surface area contributed by atoms with Crippen molar-refractivity contribution in [3.8, 4) is 0 Å². The Hall–Kier alpha value is -2.17. The summed E-state index contributed by atoms with van der Waals surface area (Å²) in [6.07, 6.45) is 3.46. The molecule has 1 heterocycles. The topological polar surface area (TPSA) is 74.7 Å². The SMILES string of the molecule is Cc1ccc(C(=O)O)cc1N1C(=O)[C@H]2CCCC[C@H]2C1=O. The summed E-state index contributed by atoms with van der Waals surface area (Å²) in [5, 5.41) is 9.09. The molecule has 2 fully saturated rings. The van der Waals surface area contributed by atoms with Gasteiger partial charge in [0.05, 0.1) is 23.1 Å². The Balaban J connectivity index is 2.04. The molecule has 2 atom stereocenters. The summed E-state index contributed by atoms with van der Waals surface area (Å²) < 4.78 is 0. The number of anilines is 1. The lowest BCUT2D eigenvalue weighted by molar-refractivity contribution is -0.122. The molecule has 1 aliphatic heterocycles. The van der Waals surface area contributed by atoms with E-state index in [0.29, 0.717) is 5.69 Å². The fraction of sp³-hybridized carbons (Fsp3) is 0.438. The molecule has 3 rings (SSSR count). The van der Waals surface area contributed by atoms with Crippen LogP contribution in [0.15, 0.2) is 18.2 Å². The zero-order valence-corrected chi connectivity index (χ0v) is 11.8. The number of carboxylic acid groups (broad SMARTS) is 1. The van der Waals surface area contributed by atoms with Gasteiger partial charge in [-0.1, -0.05) is 18.9 Å². The zero-order valence-electron chi connectivity index (χ0n) is 11.8. The third kappa shape index (κ3) is 2.13. The number of carboxylic acids is 1. The number of carbonyl (C=O) groups is 3. The fourth-order valence-electron chi connectivity index (χ4n) is 3.38. The minimum absolute atomic E-state index is 0.0890. The normalized spacial score (nSPS) is 25.1. The molecule has 1 aliphatic carbocycles. The van der Waals surface area contributed by atoms with Gasteiger partial charge in [-0.2, -0.15) is 0 Å². The monoisotopic (exact) mass is 287 g/mol. The van der Waals surface area contributed by atoms with Gasteiger partial charge in [0.2, 0.25) is 11.8 Å². The van der Waals surface area contributed by atoms with E-state index < -0.39 is 5.97 Å². The molecule has 21 heavy (non-hydrogen) atoms. The highest BCUT2D eigenvalue weighted by Crippen LogP contribution is 2.40. The van der Waals surface area contributed by atoms with Gasteiger partial charge < -0.3 is 5.11 Å². The quantitative estimate of drug-likeness (QED) is 0.847. The highest BCUT2D eigenvalue weighted by atomic mass is 16.4. The van der Waals surface area contributed by atoms with Gasteiger partial charge >= 0.3 is 5.97 Å². The van der Waals surface area contributed by atoms with Crippen LogP contribution in [0.3, 0.4) is 0 Å². The first kappa shape index (κ1) is 13.8. The van der Waals surface area contributed by atoms with Crippen LogP contribution >= 0.6 is 0 Å². The maximum Gasteiger partial charge on any atom is 0.335 e. The van der Waals surface area contributed by atoms with Gasteiger partial charge in [0.1, 0.15) is 0 Å². The van der Waals surface area contributed by atoms with E-state index in [1.165, 1.54) is 17.0 Å². The van der Waals surface area contributed by atoms with Crippen molar-refractivity contribution >= 4 is 23.5 Å². The first-order valence-corrected chi connectivity index (χ1v) is 7.22. The van der Waals surface area contributed by atoms with Crippen LogP contribution in [0.1, 0.15) is 41.6 Å². The smallest absolute Gasteiger partial charge is 0.335 e. The summed E-state index contributed by atoms with van der Waals surface area (Å²) in [5.74, 6) is -1.85. The molecule has 110 valence electrons. The van der Waals surface area contributed by atoms with E-state index in [-0.39, 0.29) is 29.2 Å².